The van der Waals surface area contributed by atoms with Crippen molar-refractivity contribution < 1.29 is 17.4 Å². The lowest BCUT2D eigenvalue weighted by atomic mass is 10.1. The van der Waals surface area contributed by atoms with E-state index in [1.54, 1.807) is 9.13 Å². The van der Waals surface area contributed by atoms with Gasteiger partial charge in [-0.2, -0.15) is 23.1 Å². The van der Waals surface area contributed by atoms with E-state index in [2.05, 4.69) is 35.8 Å². The summed E-state index contributed by atoms with van der Waals surface area (Å²) in [6.45, 7) is 8.33. The molecule has 0 bridgehead atoms. The molecule has 4 aliphatic rings. The van der Waals surface area contributed by atoms with E-state index in [0.29, 0.717) is 22.1 Å². The van der Waals surface area contributed by atoms with Crippen molar-refractivity contribution in [1.29, 1.82) is 0 Å². The number of benzene rings is 2. The maximum Gasteiger partial charge on any atom is 0.476 e. The van der Waals surface area contributed by atoms with Gasteiger partial charge in [0.25, 0.3) is 11.1 Å². The Morgan fingerprint density at radius 3 is 1.58 bits per heavy atom. The first-order chi connectivity index (χ1) is 24.4. The number of hydrogen-bond acceptors (Lipinski definition) is 10. The predicted molar refractivity (Wildman–Crippen MR) is 191 cm³/mol. The van der Waals surface area contributed by atoms with Gasteiger partial charge in [0.05, 0.1) is 22.1 Å². The molecule has 0 spiro atoms. The van der Waals surface area contributed by atoms with Crippen LogP contribution in [0.1, 0.15) is 28.7 Å². The summed E-state index contributed by atoms with van der Waals surface area (Å²) in [4.78, 5) is 73.7. The van der Waals surface area contributed by atoms with Gasteiger partial charge in [0.2, 0.25) is 0 Å². The number of H-pyrrole nitrogens is 2. The molecule has 0 saturated heterocycles. The zero-order chi connectivity index (χ0) is 37.7. The standard InChI is InChI=1S/C33H35F3N10O5S/c1-17-13-21-23(15-19(17)3)45(27-25(38-21)29(47)42-31(49)40-27)11-9-44(8-6-7-37-52(5,51)33(34,35)36)10-12-46-24-16-20(4)18(2)14-22(24)39-26-28(46)41-32(50)43-30(26)48/h13-16H,5-12H2,1-4H3,(H,37,51)(H,42,47,49)(H,43,48,50). The van der Waals surface area contributed by atoms with Crippen LogP contribution in [0.2, 0.25) is 0 Å². The molecule has 0 saturated carbocycles. The van der Waals surface area contributed by atoms with Gasteiger partial charge in [-0.15, -0.1) is 0 Å². The number of aromatic nitrogens is 8. The number of nitrogens with one attached hydrogen (secondary N) is 3. The number of aromatic amines is 2. The van der Waals surface area contributed by atoms with Crippen LogP contribution < -0.4 is 27.2 Å². The second kappa shape index (κ2) is 13.7. The molecular weight excluding hydrogens is 705 g/mol. The molecule has 52 heavy (non-hydrogen) atoms. The number of rotatable bonds is 11. The monoisotopic (exact) mass is 740 g/mol. The quantitative estimate of drug-likeness (QED) is 0.100. The topological polar surface area (TPSA) is 194 Å². The van der Waals surface area contributed by atoms with Gasteiger partial charge in [-0.1, -0.05) is 0 Å². The molecule has 19 heteroatoms. The van der Waals surface area contributed by atoms with Crippen LogP contribution in [0.4, 0.5) is 13.2 Å². The summed E-state index contributed by atoms with van der Waals surface area (Å²) in [6, 6.07) is 7.40. The van der Waals surface area contributed by atoms with Crippen molar-refractivity contribution in [3.05, 3.63) is 88.2 Å². The van der Waals surface area contributed by atoms with Gasteiger partial charge in [-0.3, -0.25) is 24.5 Å². The third-order valence-corrected chi connectivity index (χ3v) is 10.5. The van der Waals surface area contributed by atoms with Crippen LogP contribution in [-0.2, 0) is 22.8 Å². The number of aryl methyl sites for hydroxylation is 4. The van der Waals surface area contributed by atoms with E-state index in [-0.39, 0.29) is 68.7 Å². The van der Waals surface area contributed by atoms with Crippen LogP contribution in [0.25, 0.3) is 45.1 Å². The van der Waals surface area contributed by atoms with Gasteiger partial charge in [-0.05, 0) is 93.1 Å². The summed E-state index contributed by atoms with van der Waals surface area (Å²) >= 11 is 0. The van der Waals surface area contributed by atoms with Gasteiger partial charge in [0, 0.05) is 32.7 Å². The normalized spacial score (nSPS) is 13.5. The smallest absolute Gasteiger partial charge is 0.321 e. The van der Waals surface area contributed by atoms with E-state index < -0.39 is 37.7 Å². The van der Waals surface area contributed by atoms with E-state index in [0.717, 1.165) is 22.3 Å². The molecule has 0 amide bonds. The van der Waals surface area contributed by atoms with Crippen LogP contribution in [0.15, 0.2) is 43.4 Å². The summed E-state index contributed by atoms with van der Waals surface area (Å²) in [5, 5.41) is 0. The van der Waals surface area contributed by atoms with Crippen LogP contribution in [0, 0.1) is 27.7 Å². The van der Waals surface area contributed by atoms with Crippen LogP contribution in [-0.4, -0.2) is 85.7 Å². The number of hydrogen-bond donors (Lipinski definition) is 3. The lowest BCUT2D eigenvalue weighted by molar-refractivity contribution is -0.0402. The second-order valence-corrected chi connectivity index (χ2v) is 14.8. The molecule has 4 aliphatic heterocycles. The zero-order valence-electron chi connectivity index (χ0n) is 28.7. The molecule has 4 heterocycles. The first-order valence-electron chi connectivity index (χ1n) is 16.2. The Balaban J connectivity index is 1.39. The number of alkyl halides is 3. The molecule has 0 fully saturated rings. The Labute approximate surface area is 293 Å². The maximum atomic E-state index is 13.2. The molecule has 2 aromatic carbocycles. The summed E-state index contributed by atoms with van der Waals surface area (Å²) in [5.41, 5.74) is -2.29. The Morgan fingerprint density at radius 1 is 0.731 bits per heavy atom. The van der Waals surface area contributed by atoms with E-state index in [9.17, 15) is 36.6 Å². The lowest BCUT2D eigenvalue weighted by Gasteiger charge is -2.26. The van der Waals surface area contributed by atoms with Gasteiger partial charge in [0.15, 0.2) is 23.0 Å². The first-order valence-corrected chi connectivity index (χ1v) is 17.9. The molecule has 0 radical (unpaired) electrons. The molecule has 1 atom stereocenters. The lowest BCUT2D eigenvalue weighted by Crippen LogP contribution is -2.39. The fourth-order valence-electron chi connectivity index (χ4n) is 5.99. The average molecular weight is 741 g/mol. The highest BCUT2D eigenvalue weighted by molar-refractivity contribution is 7.99. The minimum absolute atomic E-state index is 0.0379. The molecular formula is C33H35F3N10O5S. The highest BCUT2D eigenvalue weighted by atomic mass is 32.2. The van der Waals surface area contributed by atoms with Crippen molar-refractivity contribution >= 4 is 37.6 Å². The molecule has 0 aromatic heterocycles. The molecule has 6 rings (SSSR count). The highest BCUT2D eigenvalue weighted by Gasteiger charge is 2.39. The van der Waals surface area contributed by atoms with Crippen LogP contribution in [0.3, 0.4) is 0 Å². The van der Waals surface area contributed by atoms with Crippen molar-refractivity contribution in [3.63, 3.8) is 0 Å². The summed E-state index contributed by atoms with van der Waals surface area (Å²) < 4.78 is 57.2. The molecule has 274 valence electrons. The molecule has 1 unspecified atom stereocenters. The van der Waals surface area contributed by atoms with E-state index >= 15 is 0 Å². The number of nitrogens with zero attached hydrogens (tertiary/aromatic N) is 7. The highest BCUT2D eigenvalue weighted by Crippen LogP contribution is 2.26. The molecule has 2 aromatic rings. The van der Waals surface area contributed by atoms with Gasteiger partial charge in [-0.25, -0.2) is 28.5 Å². The van der Waals surface area contributed by atoms with Crippen molar-refractivity contribution in [2.75, 3.05) is 26.2 Å². The van der Waals surface area contributed by atoms with E-state index in [4.69, 9.17) is 0 Å². The van der Waals surface area contributed by atoms with Gasteiger partial charge < -0.3 is 9.13 Å². The van der Waals surface area contributed by atoms with Gasteiger partial charge in [0.1, 0.15) is 9.71 Å². The first kappa shape index (κ1) is 36.5. The van der Waals surface area contributed by atoms with Crippen molar-refractivity contribution in [3.8, 4) is 23.0 Å². The second-order valence-electron chi connectivity index (χ2n) is 12.7. The van der Waals surface area contributed by atoms with Gasteiger partial charge >= 0.3 is 16.9 Å². The largest absolute Gasteiger partial charge is 0.476 e. The maximum absolute atomic E-state index is 13.2. The minimum Gasteiger partial charge on any atom is -0.321 e. The fraction of sp³-hybridized carbons (Fsp3) is 0.364. The van der Waals surface area contributed by atoms with E-state index in [1.165, 1.54) is 0 Å². The molecule has 15 nitrogen and oxygen atoms in total. The number of halogens is 3. The Kier molecular flexibility index (Phi) is 9.62. The molecule has 3 N–H and O–H groups in total. The van der Waals surface area contributed by atoms with Crippen molar-refractivity contribution in [2.45, 2.75) is 52.7 Å². The Hall–Kier alpha value is -5.27. The van der Waals surface area contributed by atoms with Crippen molar-refractivity contribution in [2.24, 2.45) is 0 Å². The van der Waals surface area contributed by atoms with Crippen LogP contribution in [0.5, 0.6) is 0 Å². The third kappa shape index (κ3) is 7.10. The molecule has 0 aliphatic carbocycles. The SMILES string of the molecule is C=S(=O)(NCCCN(CCn1c2nc(=O)[nH]c(=O)c-2nc2cc(C)c(C)cc21)CCn1c2nc(=O)[nH]c(=O)c-2nc2cc(C)c(C)cc21)C(F)(F)F. The summed E-state index contributed by atoms with van der Waals surface area (Å²) in [5.74, 6) is 2.94. The van der Waals surface area contributed by atoms with E-state index in [1.807, 2.05) is 61.6 Å². The predicted octanol–water partition coefficient (Wildman–Crippen LogP) is 1.85. The van der Waals surface area contributed by atoms with Crippen LogP contribution >= 0.6 is 0 Å². The third-order valence-electron chi connectivity index (χ3n) is 9.09. The summed E-state index contributed by atoms with van der Waals surface area (Å²) in [6.07, 6.45) is 0.120. The van der Waals surface area contributed by atoms with Crippen molar-refractivity contribution in [1.82, 2.24) is 48.7 Å². The Morgan fingerprint density at radius 2 is 1.15 bits per heavy atom. The summed E-state index contributed by atoms with van der Waals surface area (Å²) in [7, 11) is -4.57. The number of fused-ring (bicyclic) bond motifs is 4. The Bertz CT molecular complexity index is 2490. The minimum atomic E-state index is -5.03. The zero-order valence-corrected chi connectivity index (χ0v) is 29.5. The fourth-order valence-corrected chi connectivity index (χ4v) is 6.63. The average Bonchev–Trinajstić information content (AvgIpc) is 3.04.